The Hall–Kier alpha value is -2.41. The van der Waals surface area contributed by atoms with E-state index in [0.29, 0.717) is 28.3 Å². The van der Waals surface area contributed by atoms with Gasteiger partial charge in [-0.2, -0.15) is 0 Å². The van der Waals surface area contributed by atoms with Crippen molar-refractivity contribution in [3.05, 3.63) is 40.6 Å². The van der Waals surface area contributed by atoms with E-state index < -0.39 is 11.6 Å². The number of aromatic amines is 1. The Balaban J connectivity index is 1.91. The lowest BCUT2D eigenvalue weighted by Crippen LogP contribution is -2.34. The summed E-state index contributed by atoms with van der Waals surface area (Å²) in [4.78, 5) is 11.2. The summed E-state index contributed by atoms with van der Waals surface area (Å²) in [5.41, 5.74) is 8.07. The number of hydrogen-bond acceptors (Lipinski definition) is 5. The second-order valence-corrected chi connectivity index (χ2v) is 7.19. The molecule has 1 heterocycles. The first kappa shape index (κ1) is 18.4. The molecular formula is C19H25FN4O2. The van der Waals surface area contributed by atoms with Crippen LogP contribution in [0.5, 0.6) is 0 Å². The first-order valence-electron chi connectivity index (χ1n) is 8.92. The van der Waals surface area contributed by atoms with Crippen LogP contribution < -0.4 is 16.8 Å². The number of aromatic nitrogens is 2. The van der Waals surface area contributed by atoms with E-state index in [1.165, 1.54) is 6.07 Å². The van der Waals surface area contributed by atoms with Crippen LogP contribution in [0.1, 0.15) is 45.1 Å². The Kier molecular flexibility index (Phi) is 5.27. The van der Waals surface area contributed by atoms with Gasteiger partial charge in [0, 0.05) is 28.9 Å². The molecule has 1 aliphatic rings. The Morgan fingerprint density at radius 3 is 2.69 bits per heavy atom. The minimum Gasteiger partial charge on any atom is -0.388 e. The summed E-state index contributed by atoms with van der Waals surface area (Å²) in [6.07, 6.45) is 4.12. The van der Waals surface area contributed by atoms with Crippen LogP contribution in [0.3, 0.4) is 0 Å². The van der Waals surface area contributed by atoms with Crippen molar-refractivity contribution in [2.75, 3.05) is 5.32 Å². The predicted octanol–water partition coefficient (Wildman–Crippen LogP) is 3.52. The molecule has 0 saturated heterocycles. The van der Waals surface area contributed by atoms with Gasteiger partial charge >= 0.3 is 5.76 Å². The third-order valence-corrected chi connectivity index (χ3v) is 5.11. The van der Waals surface area contributed by atoms with Gasteiger partial charge in [-0.25, -0.2) is 14.3 Å². The zero-order valence-electron chi connectivity index (χ0n) is 15.1. The van der Waals surface area contributed by atoms with Crippen molar-refractivity contribution in [3.8, 4) is 11.5 Å². The number of hydrogen-bond donors (Lipinski definition) is 3. The average Bonchev–Trinajstić information content (AvgIpc) is 3.01. The largest absolute Gasteiger partial charge is 0.434 e. The van der Waals surface area contributed by atoms with Crippen LogP contribution in [-0.4, -0.2) is 22.3 Å². The fourth-order valence-electron chi connectivity index (χ4n) is 3.64. The van der Waals surface area contributed by atoms with Crippen molar-refractivity contribution in [1.29, 1.82) is 0 Å². The minimum atomic E-state index is -0.675. The van der Waals surface area contributed by atoms with Gasteiger partial charge in [0.1, 0.15) is 5.82 Å². The molecule has 0 spiro atoms. The van der Waals surface area contributed by atoms with E-state index in [4.69, 9.17) is 10.2 Å². The number of halogens is 1. The Morgan fingerprint density at radius 2 is 2.12 bits per heavy atom. The Morgan fingerprint density at radius 1 is 1.42 bits per heavy atom. The van der Waals surface area contributed by atoms with Crippen molar-refractivity contribution < 1.29 is 8.81 Å². The molecule has 6 nitrogen and oxygen atoms in total. The molecule has 1 aliphatic carbocycles. The second kappa shape index (κ2) is 7.45. The standard InChI is InChI=1S/C19H25FN4O2/c1-10(2)17-15(20)8-13(18-23-24-19(25)26-18)9-16(17)22-11(3)12-4-6-14(21)7-5-12/h8-9,11-12,14,22H,1,4-7,21H2,2-3H3,(H,24,25)/t11-,12?,14?/m0/s1. The van der Waals surface area contributed by atoms with Crippen molar-refractivity contribution in [2.45, 2.75) is 51.6 Å². The van der Waals surface area contributed by atoms with Crippen LogP contribution in [0.2, 0.25) is 0 Å². The van der Waals surface area contributed by atoms with Crippen LogP contribution in [0.15, 0.2) is 27.9 Å². The molecule has 0 amide bonds. The lowest BCUT2D eigenvalue weighted by molar-refractivity contribution is 0.302. The molecule has 0 unspecified atom stereocenters. The van der Waals surface area contributed by atoms with Crippen LogP contribution in [0, 0.1) is 11.7 Å². The molecular weight excluding hydrogens is 335 g/mol. The van der Waals surface area contributed by atoms with Crippen molar-refractivity contribution in [1.82, 2.24) is 10.2 Å². The summed E-state index contributed by atoms with van der Waals surface area (Å²) in [5.74, 6) is -0.573. The molecule has 1 atom stereocenters. The van der Waals surface area contributed by atoms with Gasteiger partial charge < -0.3 is 15.5 Å². The molecule has 0 bridgehead atoms. The minimum absolute atomic E-state index is 0.0570. The van der Waals surface area contributed by atoms with Crippen LogP contribution in [0.25, 0.3) is 17.0 Å². The first-order valence-corrected chi connectivity index (χ1v) is 8.92. The number of nitrogens with zero attached hydrogens (tertiary/aromatic N) is 1. The summed E-state index contributed by atoms with van der Waals surface area (Å²) in [5, 5.41) is 9.42. The molecule has 1 fully saturated rings. The quantitative estimate of drug-likeness (QED) is 0.758. The molecule has 2 aromatic rings. The topological polar surface area (TPSA) is 96.9 Å². The Labute approximate surface area is 151 Å². The monoisotopic (exact) mass is 360 g/mol. The van der Waals surface area contributed by atoms with Crippen molar-refractivity contribution >= 4 is 11.3 Å². The summed E-state index contributed by atoms with van der Waals surface area (Å²) < 4.78 is 19.7. The normalized spacial score (nSPS) is 21.4. The molecule has 140 valence electrons. The van der Waals surface area contributed by atoms with Crippen LogP contribution in [-0.2, 0) is 0 Å². The highest BCUT2D eigenvalue weighted by Crippen LogP contribution is 2.34. The molecule has 0 aliphatic heterocycles. The molecule has 3 rings (SSSR count). The smallest absolute Gasteiger partial charge is 0.388 e. The van der Waals surface area contributed by atoms with E-state index in [-0.39, 0.29) is 18.0 Å². The van der Waals surface area contributed by atoms with Gasteiger partial charge in [0.2, 0.25) is 5.89 Å². The van der Waals surface area contributed by atoms with E-state index in [1.807, 2.05) is 0 Å². The number of nitrogens with two attached hydrogens (primary N) is 1. The lowest BCUT2D eigenvalue weighted by Gasteiger charge is -2.32. The third kappa shape index (κ3) is 3.88. The van der Waals surface area contributed by atoms with Gasteiger partial charge in [-0.05, 0) is 63.2 Å². The van der Waals surface area contributed by atoms with Crippen molar-refractivity contribution in [3.63, 3.8) is 0 Å². The number of rotatable bonds is 5. The predicted molar refractivity (Wildman–Crippen MR) is 100 cm³/mol. The van der Waals surface area contributed by atoms with E-state index >= 15 is 0 Å². The fraction of sp³-hybridized carbons (Fsp3) is 0.474. The number of benzene rings is 1. The first-order chi connectivity index (χ1) is 12.3. The van der Waals surface area contributed by atoms with Gasteiger partial charge in [0.05, 0.1) is 0 Å². The molecule has 1 aromatic heterocycles. The van der Waals surface area contributed by atoms with Crippen LogP contribution >= 0.6 is 0 Å². The summed E-state index contributed by atoms with van der Waals surface area (Å²) >= 11 is 0. The van der Waals surface area contributed by atoms with Gasteiger partial charge in [-0.1, -0.05) is 6.58 Å². The van der Waals surface area contributed by atoms with E-state index in [2.05, 4.69) is 29.0 Å². The molecule has 4 N–H and O–H groups in total. The summed E-state index contributed by atoms with van der Waals surface area (Å²) in [6, 6.07) is 3.49. The maximum absolute atomic E-state index is 14.7. The van der Waals surface area contributed by atoms with Crippen LogP contribution in [0.4, 0.5) is 10.1 Å². The highest BCUT2D eigenvalue weighted by atomic mass is 19.1. The van der Waals surface area contributed by atoms with E-state index in [1.54, 1.807) is 13.0 Å². The summed E-state index contributed by atoms with van der Waals surface area (Å²) in [6.45, 7) is 7.76. The summed E-state index contributed by atoms with van der Waals surface area (Å²) in [7, 11) is 0. The SMILES string of the molecule is C=C(C)c1c(F)cc(-c2n[nH]c(=O)o2)cc1N[C@@H](C)C1CCC(N)CC1. The van der Waals surface area contributed by atoms with Gasteiger partial charge in [-0.15, -0.1) is 5.10 Å². The second-order valence-electron chi connectivity index (χ2n) is 7.19. The zero-order valence-corrected chi connectivity index (χ0v) is 15.1. The van der Waals surface area contributed by atoms with E-state index in [0.717, 1.165) is 25.7 Å². The average molecular weight is 360 g/mol. The Bertz CT molecular complexity index is 849. The zero-order chi connectivity index (χ0) is 18.8. The number of allylic oxidation sites excluding steroid dienone is 1. The highest BCUT2D eigenvalue weighted by molar-refractivity contribution is 5.78. The van der Waals surface area contributed by atoms with Crippen molar-refractivity contribution in [2.24, 2.45) is 11.7 Å². The maximum Gasteiger partial charge on any atom is 0.434 e. The molecule has 7 heteroatoms. The van der Waals surface area contributed by atoms with E-state index in [9.17, 15) is 9.18 Å². The van der Waals surface area contributed by atoms with Gasteiger partial charge in [0.25, 0.3) is 0 Å². The van der Waals surface area contributed by atoms with Gasteiger partial charge in [-0.3, -0.25) is 0 Å². The van der Waals surface area contributed by atoms with Gasteiger partial charge in [0.15, 0.2) is 0 Å². The maximum atomic E-state index is 14.7. The number of nitrogens with one attached hydrogen (secondary N) is 2. The number of anilines is 1. The fourth-order valence-corrected chi connectivity index (χ4v) is 3.64. The molecule has 1 aromatic carbocycles. The molecule has 26 heavy (non-hydrogen) atoms. The molecule has 1 saturated carbocycles. The molecule has 0 radical (unpaired) electrons. The lowest BCUT2D eigenvalue weighted by atomic mass is 9.82. The third-order valence-electron chi connectivity index (χ3n) is 5.11. The number of H-pyrrole nitrogens is 1. The highest BCUT2D eigenvalue weighted by Gasteiger charge is 2.25.